The molecule has 1 aromatic heterocycles. The van der Waals surface area contributed by atoms with Crippen molar-refractivity contribution in [1.82, 2.24) is 5.32 Å². The fourth-order valence-corrected chi connectivity index (χ4v) is 2.31. The lowest BCUT2D eigenvalue weighted by molar-refractivity contribution is 0.0941. The summed E-state index contributed by atoms with van der Waals surface area (Å²) in [6.45, 7) is 5.73. The third kappa shape index (κ3) is 3.28. The third-order valence-corrected chi connectivity index (χ3v) is 3.49. The number of hydrogen-bond acceptors (Lipinski definition) is 5. The van der Waals surface area contributed by atoms with E-state index >= 15 is 0 Å². The Balaban J connectivity index is 2.42. The molecule has 118 valence electrons. The zero-order valence-corrected chi connectivity index (χ0v) is 12.8. The number of carbonyl (C=O) groups excluding carboxylic acids is 1. The van der Waals surface area contributed by atoms with Gasteiger partial charge in [-0.1, -0.05) is 0 Å². The second-order valence-corrected chi connectivity index (χ2v) is 4.82. The lowest BCUT2D eigenvalue weighted by atomic mass is 10.1. The number of hydrogen-bond donors (Lipinski definition) is 2. The van der Waals surface area contributed by atoms with Gasteiger partial charge >= 0.3 is 5.63 Å². The molecule has 0 atom stereocenters. The van der Waals surface area contributed by atoms with Crippen molar-refractivity contribution in [1.29, 1.82) is 0 Å². The van der Waals surface area contributed by atoms with Gasteiger partial charge in [-0.2, -0.15) is 0 Å². The van der Waals surface area contributed by atoms with E-state index < -0.39 is 11.5 Å². The summed E-state index contributed by atoms with van der Waals surface area (Å²) >= 11 is 0. The van der Waals surface area contributed by atoms with E-state index in [0.717, 1.165) is 18.8 Å². The van der Waals surface area contributed by atoms with Crippen molar-refractivity contribution in [2.45, 2.75) is 13.8 Å². The number of nitrogens with zero attached hydrogens (tertiary/aromatic N) is 1. The molecule has 0 aliphatic carbocycles. The van der Waals surface area contributed by atoms with Crippen LogP contribution in [-0.2, 0) is 0 Å². The lowest BCUT2D eigenvalue weighted by Gasteiger charge is -2.20. The van der Waals surface area contributed by atoms with Crippen molar-refractivity contribution >= 4 is 22.6 Å². The van der Waals surface area contributed by atoms with Crippen LogP contribution in [0.5, 0.6) is 0 Å². The molecule has 0 saturated carbocycles. The molecule has 1 heterocycles. The molecule has 6 nitrogen and oxygen atoms in total. The Hall–Kier alpha value is -2.34. The molecule has 2 aromatic rings. The fraction of sp³-hybridized carbons (Fsp3) is 0.375. The Bertz CT molecular complexity index is 720. The van der Waals surface area contributed by atoms with E-state index in [4.69, 9.17) is 9.52 Å². The van der Waals surface area contributed by atoms with Crippen LogP contribution in [0.25, 0.3) is 11.0 Å². The van der Waals surface area contributed by atoms with E-state index in [1.165, 1.54) is 6.07 Å². The predicted molar refractivity (Wildman–Crippen MR) is 85.5 cm³/mol. The van der Waals surface area contributed by atoms with Gasteiger partial charge in [0.25, 0.3) is 5.91 Å². The zero-order chi connectivity index (χ0) is 16.1. The second-order valence-electron chi connectivity index (χ2n) is 4.82. The highest BCUT2D eigenvalue weighted by Gasteiger charge is 2.14. The predicted octanol–water partition coefficient (Wildman–Crippen LogP) is 1.36. The summed E-state index contributed by atoms with van der Waals surface area (Å²) in [5.41, 5.74) is 0.683. The lowest BCUT2D eigenvalue weighted by Crippen LogP contribution is -2.30. The van der Waals surface area contributed by atoms with E-state index in [1.54, 1.807) is 6.07 Å². The number of aliphatic hydroxyl groups is 1. The molecule has 0 aliphatic rings. The van der Waals surface area contributed by atoms with E-state index in [2.05, 4.69) is 24.1 Å². The van der Waals surface area contributed by atoms with Crippen molar-refractivity contribution in [3.63, 3.8) is 0 Å². The van der Waals surface area contributed by atoms with Crippen molar-refractivity contribution < 1.29 is 14.3 Å². The number of rotatable bonds is 6. The summed E-state index contributed by atoms with van der Waals surface area (Å²) in [6, 6.07) is 7.08. The van der Waals surface area contributed by atoms with Gasteiger partial charge in [-0.15, -0.1) is 0 Å². The largest absolute Gasteiger partial charge is 0.422 e. The first-order valence-corrected chi connectivity index (χ1v) is 7.32. The molecule has 0 fully saturated rings. The van der Waals surface area contributed by atoms with Crippen LogP contribution in [0, 0.1) is 0 Å². The highest BCUT2D eigenvalue weighted by molar-refractivity contribution is 5.96. The van der Waals surface area contributed by atoms with Crippen molar-refractivity contribution in [2.24, 2.45) is 0 Å². The summed E-state index contributed by atoms with van der Waals surface area (Å²) in [7, 11) is 0. The zero-order valence-electron chi connectivity index (χ0n) is 12.8. The number of nitrogens with one attached hydrogen (secondary N) is 1. The van der Waals surface area contributed by atoms with Gasteiger partial charge in [-0.3, -0.25) is 4.79 Å². The Morgan fingerprint density at radius 3 is 2.64 bits per heavy atom. The standard InChI is InChI=1S/C16H20N2O4/c1-3-18(4-2)12-6-5-11-9-13(15(20)17-7-8-19)16(21)22-14(11)10-12/h5-6,9-10,19H,3-4,7-8H2,1-2H3,(H,17,20). The van der Waals surface area contributed by atoms with Gasteiger partial charge in [-0.05, 0) is 32.0 Å². The van der Waals surface area contributed by atoms with E-state index in [9.17, 15) is 9.59 Å². The maximum absolute atomic E-state index is 12.0. The minimum absolute atomic E-state index is 0.0588. The van der Waals surface area contributed by atoms with Gasteiger partial charge in [0.1, 0.15) is 11.1 Å². The Morgan fingerprint density at radius 1 is 1.27 bits per heavy atom. The highest BCUT2D eigenvalue weighted by Crippen LogP contribution is 2.21. The molecule has 0 radical (unpaired) electrons. The molecule has 6 heteroatoms. The molecule has 0 unspecified atom stereocenters. The number of fused-ring (bicyclic) bond motifs is 1. The van der Waals surface area contributed by atoms with Crippen LogP contribution in [0.1, 0.15) is 24.2 Å². The topological polar surface area (TPSA) is 82.8 Å². The van der Waals surface area contributed by atoms with Gasteiger partial charge < -0.3 is 19.7 Å². The van der Waals surface area contributed by atoms with E-state index in [-0.39, 0.29) is 18.7 Å². The normalized spacial score (nSPS) is 10.7. The number of benzene rings is 1. The monoisotopic (exact) mass is 304 g/mol. The molecule has 0 spiro atoms. The van der Waals surface area contributed by atoms with Crippen LogP contribution in [-0.4, -0.2) is 37.3 Å². The number of anilines is 1. The smallest absolute Gasteiger partial charge is 0.349 e. The summed E-state index contributed by atoms with van der Waals surface area (Å²) in [5.74, 6) is -0.544. The third-order valence-electron chi connectivity index (χ3n) is 3.49. The van der Waals surface area contributed by atoms with Crippen LogP contribution in [0.15, 0.2) is 33.5 Å². The van der Waals surface area contributed by atoms with Crippen LogP contribution in [0.2, 0.25) is 0 Å². The number of aliphatic hydroxyl groups excluding tert-OH is 1. The van der Waals surface area contributed by atoms with Crippen LogP contribution >= 0.6 is 0 Å². The first-order chi connectivity index (χ1) is 10.6. The van der Waals surface area contributed by atoms with Crippen molar-refractivity contribution in [3.8, 4) is 0 Å². The molecule has 0 saturated heterocycles. The Kier molecular flexibility index (Phi) is 5.16. The highest BCUT2D eigenvalue weighted by atomic mass is 16.4. The first-order valence-electron chi connectivity index (χ1n) is 7.32. The molecule has 22 heavy (non-hydrogen) atoms. The molecule has 2 rings (SSSR count). The summed E-state index contributed by atoms with van der Waals surface area (Å²) in [5, 5.41) is 11.8. The van der Waals surface area contributed by atoms with Crippen LogP contribution in [0.4, 0.5) is 5.69 Å². The summed E-state index contributed by atoms with van der Waals surface area (Å²) < 4.78 is 5.27. The fourth-order valence-electron chi connectivity index (χ4n) is 2.31. The molecule has 0 bridgehead atoms. The van der Waals surface area contributed by atoms with Gasteiger partial charge in [0.05, 0.1) is 6.61 Å². The molecular weight excluding hydrogens is 284 g/mol. The first kappa shape index (κ1) is 16.0. The quantitative estimate of drug-likeness (QED) is 0.787. The van der Waals surface area contributed by atoms with Gasteiger partial charge in [0.15, 0.2) is 0 Å². The molecule has 2 N–H and O–H groups in total. The Labute approximate surface area is 128 Å². The summed E-state index contributed by atoms with van der Waals surface area (Å²) in [4.78, 5) is 25.9. The van der Waals surface area contributed by atoms with Gasteiger partial charge in [-0.25, -0.2) is 4.79 Å². The summed E-state index contributed by atoms with van der Waals surface area (Å²) in [6.07, 6.45) is 0. The SMILES string of the molecule is CCN(CC)c1ccc2cc(C(=O)NCCO)c(=O)oc2c1. The van der Waals surface area contributed by atoms with E-state index in [1.807, 2.05) is 12.1 Å². The maximum atomic E-state index is 12.0. The van der Waals surface area contributed by atoms with Crippen molar-refractivity contribution in [2.75, 3.05) is 31.1 Å². The van der Waals surface area contributed by atoms with Crippen LogP contribution < -0.4 is 15.8 Å². The molecule has 1 amide bonds. The van der Waals surface area contributed by atoms with Gasteiger partial charge in [0.2, 0.25) is 0 Å². The molecule has 0 aliphatic heterocycles. The average molecular weight is 304 g/mol. The number of carbonyl (C=O) groups is 1. The average Bonchev–Trinajstić information content (AvgIpc) is 2.53. The minimum atomic E-state index is -0.681. The minimum Gasteiger partial charge on any atom is -0.422 e. The van der Waals surface area contributed by atoms with Crippen molar-refractivity contribution in [3.05, 3.63) is 40.2 Å². The Morgan fingerprint density at radius 2 is 2.00 bits per heavy atom. The molecular formula is C16H20N2O4. The van der Waals surface area contributed by atoms with Crippen LogP contribution in [0.3, 0.4) is 0 Å². The van der Waals surface area contributed by atoms with Gasteiger partial charge in [0, 0.05) is 36.8 Å². The molecule has 1 aromatic carbocycles. The second kappa shape index (κ2) is 7.09. The van der Waals surface area contributed by atoms with E-state index in [0.29, 0.717) is 11.0 Å². The number of amides is 1. The maximum Gasteiger partial charge on any atom is 0.349 e.